The van der Waals surface area contributed by atoms with E-state index >= 15 is 0 Å². The van der Waals surface area contributed by atoms with Crippen molar-refractivity contribution in [2.75, 3.05) is 20.1 Å². The Balaban J connectivity index is 1.66. The molecular formula is C16H19ClN4O2. The van der Waals surface area contributed by atoms with Crippen molar-refractivity contribution in [1.82, 2.24) is 20.4 Å². The number of carbonyl (C=O) groups excluding carboxylic acids is 1. The van der Waals surface area contributed by atoms with Crippen LogP contribution in [0.2, 0.25) is 5.02 Å². The highest BCUT2D eigenvalue weighted by atomic mass is 35.5. The highest BCUT2D eigenvalue weighted by molar-refractivity contribution is 6.30. The fourth-order valence-electron chi connectivity index (χ4n) is 2.87. The molecule has 1 aromatic heterocycles. The summed E-state index contributed by atoms with van der Waals surface area (Å²) in [5.74, 6) is 1.21. The third-order valence-corrected chi connectivity index (χ3v) is 4.27. The SMILES string of the molecule is CNC(=O)C1CCCN(Cc2nc(-c3cccc(Cl)c3)no2)C1. The zero-order chi connectivity index (χ0) is 16.2. The van der Waals surface area contributed by atoms with Gasteiger partial charge in [-0.05, 0) is 31.5 Å². The third kappa shape index (κ3) is 3.89. The van der Waals surface area contributed by atoms with Gasteiger partial charge in [-0.3, -0.25) is 9.69 Å². The fourth-order valence-corrected chi connectivity index (χ4v) is 3.06. The van der Waals surface area contributed by atoms with Gasteiger partial charge in [0.15, 0.2) is 0 Å². The summed E-state index contributed by atoms with van der Waals surface area (Å²) < 4.78 is 5.34. The zero-order valence-electron chi connectivity index (χ0n) is 13.0. The molecule has 23 heavy (non-hydrogen) atoms. The number of amides is 1. The molecule has 6 nitrogen and oxygen atoms in total. The molecule has 2 heterocycles. The van der Waals surface area contributed by atoms with E-state index in [1.807, 2.05) is 12.1 Å². The van der Waals surface area contributed by atoms with Gasteiger partial charge in [-0.15, -0.1) is 0 Å². The second kappa shape index (κ2) is 7.10. The first-order valence-electron chi connectivity index (χ1n) is 7.68. The Morgan fingerprint density at radius 3 is 3.17 bits per heavy atom. The van der Waals surface area contributed by atoms with E-state index in [1.54, 1.807) is 19.2 Å². The number of hydrogen-bond donors (Lipinski definition) is 1. The molecule has 1 aromatic carbocycles. The van der Waals surface area contributed by atoms with Gasteiger partial charge < -0.3 is 9.84 Å². The minimum absolute atomic E-state index is 0.0315. The monoisotopic (exact) mass is 334 g/mol. The number of aromatic nitrogens is 2. The summed E-state index contributed by atoms with van der Waals surface area (Å²) in [6.45, 7) is 2.21. The Kier molecular flexibility index (Phi) is 4.93. The number of nitrogens with one attached hydrogen (secondary N) is 1. The van der Waals surface area contributed by atoms with E-state index in [9.17, 15) is 4.79 Å². The quantitative estimate of drug-likeness (QED) is 0.929. The molecule has 1 aliphatic heterocycles. The van der Waals surface area contributed by atoms with Crippen molar-refractivity contribution in [3.05, 3.63) is 35.2 Å². The van der Waals surface area contributed by atoms with Gasteiger partial charge >= 0.3 is 0 Å². The highest BCUT2D eigenvalue weighted by Crippen LogP contribution is 2.22. The van der Waals surface area contributed by atoms with E-state index in [2.05, 4.69) is 20.4 Å². The molecule has 7 heteroatoms. The predicted octanol–water partition coefficient (Wildman–Crippen LogP) is 2.35. The van der Waals surface area contributed by atoms with Gasteiger partial charge in [-0.2, -0.15) is 4.98 Å². The van der Waals surface area contributed by atoms with Crippen LogP contribution >= 0.6 is 11.6 Å². The molecule has 2 aromatic rings. The van der Waals surface area contributed by atoms with Gasteiger partial charge in [-0.1, -0.05) is 28.9 Å². The topological polar surface area (TPSA) is 71.3 Å². The number of rotatable bonds is 4. The minimum atomic E-state index is 0.0315. The molecule has 0 saturated carbocycles. The van der Waals surface area contributed by atoms with Crippen LogP contribution in [-0.2, 0) is 11.3 Å². The Morgan fingerprint density at radius 1 is 1.52 bits per heavy atom. The average Bonchev–Trinajstić information content (AvgIpc) is 3.03. The van der Waals surface area contributed by atoms with E-state index in [4.69, 9.17) is 16.1 Å². The Hall–Kier alpha value is -1.92. The summed E-state index contributed by atoms with van der Waals surface area (Å²) in [6, 6.07) is 7.35. The van der Waals surface area contributed by atoms with Crippen molar-refractivity contribution in [3.63, 3.8) is 0 Å². The van der Waals surface area contributed by atoms with Gasteiger partial charge in [0.1, 0.15) is 0 Å². The molecule has 1 N–H and O–H groups in total. The Bertz CT molecular complexity index is 688. The number of likely N-dealkylation sites (tertiary alicyclic amines) is 1. The summed E-state index contributed by atoms with van der Waals surface area (Å²) >= 11 is 5.98. The van der Waals surface area contributed by atoms with Crippen molar-refractivity contribution in [1.29, 1.82) is 0 Å². The number of piperidine rings is 1. The van der Waals surface area contributed by atoms with Gasteiger partial charge in [-0.25, -0.2) is 0 Å². The number of benzene rings is 1. The minimum Gasteiger partial charge on any atom is -0.359 e. The lowest BCUT2D eigenvalue weighted by molar-refractivity contribution is -0.126. The van der Waals surface area contributed by atoms with Crippen LogP contribution in [0.25, 0.3) is 11.4 Å². The number of carbonyl (C=O) groups is 1. The molecule has 0 spiro atoms. The lowest BCUT2D eigenvalue weighted by Gasteiger charge is -2.30. The second-order valence-corrected chi connectivity index (χ2v) is 6.15. The van der Waals surface area contributed by atoms with Crippen LogP contribution in [-0.4, -0.2) is 41.1 Å². The van der Waals surface area contributed by atoms with Crippen molar-refractivity contribution in [3.8, 4) is 11.4 Å². The van der Waals surface area contributed by atoms with Crippen LogP contribution in [0.5, 0.6) is 0 Å². The van der Waals surface area contributed by atoms with E-state index in [0.717, 1.165) is 24.9 Å². The summed E-state index contributed by atoms with van der Waals surface area (Å²) in [5, 5.41) is 7.37. The first-order valence-corrected chi connectivity index (χ1v) is 8.06. The number of nitrogens with zero attached hydrogens (tertiary/aromatic N) is 3. The van der Waals surface area contributed by atoms with Crippen LogP contribution in [0.4, 0.5) is 0 Å². The molecule has 1 atom stereocenters. The summed E-state index contributed by atoms with van der Waals surface area (Å²) in [7, 11) is 1.68. The zero-order valence-corrected chi connectivity index (χ0v) is 13.7. The van der Waals surface area contributed by atoms with Gasteiger partial charge in [0.2, 0.25) is 17.6 Å². The molecule has 3 rings (SSSR count). The molecule has 1 fully saturated rings. The van der Waals surface area contributed by atoms with E-state index in [1.165, 1.54) is 0 Å². The first-order chi connectivity index (χ1) is 11.2. The first kappa shape index (κ1) is 16.0. The fraction of sp³-hybridized carbons (Fsp3) is 0.438. The number of halogens is 1. The molecule has 1 aliphatic rings. The maximum atomic E-state index is 11.8. The lowest BCUT2D eigenvalue weighted by Crippen LogP contribution is -2.41. The standard InChI is InChI=1S/C16H19ClN4O2/c1-18-16(22)12-5-3-7-21(9-12)10-14-19-15(20-23-14)11-4-2-6-13(17)8-11/h2,4,6,8,12H,3,5,7,9-10H2,1H3,(H,18,22). The van der Waals surface area contributed by atoms with Crippen LogP contribution in [0, 0.1) is 5.92 Å². The predicted molar refractivity (Wildman–Crippen MR) is 86.8 cm³/mol. The van der Waals surface area contributed by atoms with Gasteiger partial charge in [0.05, 0.1) is 12.5 Å². The van der Waals surface area contributed by atoms with Gasteiger partial charge in [0.25, 0.3) is 0 Å². The number of hydrogen-bond acceptors (Lipinski definition) is 5. The molecule has 122 valence electrons. The second-order valence-electron chi connectivity index (χ2n) is 5.71. The van der Waals surface area contributed by atoms with Crippen molar-refractivity contribution in [2.24, 2.45) is 5.92 Å². The molecule has 0 radical (unpaired) electrons. The van der Waals surface area contributed by atoms with Crippen molar-refractivity contribution in [2.45, 2.75) is 19.4 Å². The summed E-state index contributed by atoms with van der Waals surface area (Å²) in [4.78, 5) is 18.4. The lowest BCUT2D eigenvalue weighted by atomic mass is 9.97. The van der Waals surface area contributed by atoms with E-state index in [-0.39, 0.29) is 11.8 Å². The maximum absolute atomic E-state index is 11.8. The van der Waals surface area contributed by atoms with Crippen molar-refractivity contribution >= 4 is 17.5 Å². The van der Waals surface area contributed by atoms with Crippen LogP contribution in [0.3, 0.4) is 0 Å². The molecule has 1 unspecified atom stereocenters. The highest BCUT2D eigenvalue weighted by Gasteiger charge is 2.26. The van der Waals surface area contributed by atoms with E-state index < -0.39 is 0 Å². The summed E-state index contributed by atoms with van der Waals surface area (Å²) in [6.07, 6.45) is 1.92. The third-order valence-electron chi connectivity index (χ3n) is 4.03. The molecule has 0 bridgehead atoms. The van der Waals surface area contributed by atoms with Crippen LogP contribution in [0.15, 0.2) is 28.8 Å². The Morgan fingerprint density at radius 2 is 2.39 bits per heavy atom. The van der Waals surface area contributed by atoms with Crippen molar-refractivity contribution < 1.29 is 9.32 Å². The van der Waals surface area contributed by atoms with E-state index in [0.29, 0.717) is 29.8 Å². The summed E-state index contributed by atoms with van der Waals surface area (Å²) in [5.41, 5.74) is 0.828. The maximum Gasteiger partial charge on any atom is 0.241 e. The molecule has 1 saturated heterocycles. The van der Waals surface area contributed by atoms with Gasteiger partial charge in [0, 0.05) is 24.2 Å². The Labute approximate surface area is 139 Å². The normalized spacial score (nSPS) is 18.8. The largest absolute Gasteiger partial charge is 0.359 e. The molecule has 1 amide bonds. The van der Waals surface area contributed by atoms with Crippen LogP contribution < -0.4 is 5.32 Å². The molecule has 0 aliphatic carbocycles. The smallest absolute Gasteiger partial charge is 0.241 e. The average molecular weight is 335 g/mol. The van der Waals surface area contributed by atoms with Crippen LogP contribution in [0.1, 0.15) is 18.7 Å². The molecular weight excluding hydrogens is 316 g/mol.